The van der Waals surface area contributed by atoms with Gasteiger partial charge in [-0.25, -0.2) is 0 Å². The molecule has 1 heterocycles. The lowest BCUT2D eigenvalue weighted by Gasteiger charge is -2.38. The van der Waals surface area contributed by atoms with Crippen LogP contribution in [0.15, 0.2) is 12.3 Å². The zero-order chi connectivity index (χ0) is 14.2. The number of hydrogen-bond acceptors (Lipinski definition) is 2. The summed E-state index contributed by atoms with van der Waals surface area (Å²) >= 11 is 0. The van der Waals surface area contributed by atoms with Crippen LogP contribution in [0.3, 0.4) is 0 Å². The highest BCUT2D eigenvalue weighted by Gasteiger charge is 2.31. The van der Waals surface area contributed by atoms with Crippen LogP contribution >= 0.6 is 0 Å². The monoisotopic (exact) mass is 263 g/mol. The minimum Gasteiger partial charge on any atom is -0.397 e. The van der Waals surface area contributed by atoms with Gasteiger partial charge in [0.05, 0.1) is 5.69 Å². The molecule has 0 atom stereocenters. The Morgan fingerprint density at radius 3 is 2.47 bits per heavy atom. The molecule has 0 unspecified atom stereocenters. The second-order valence-electron chi connectivity index (χ2n) is 6.58. The molecule has 0 aromatic carbocycles. The zero-order valence-electron chi connectivity index (χ0n) is 12.4. The van der Waals surface area contributed by atoms with Gasteiger partial charge in [0.15, 0.2) is 0 Å². The standard InChI is InChI=1S/C15H25N3O/c1-15(2)7-5-12(6-8-15)18(4)14(19)13-9-11(16)10-17(13)3/h9-10,12H,5-8,16H2,1-4H3. The number of rotatable bonds is 2. The molecule has 19 heavy (non-hydrogen) atoms. The molecule has 0 radical (unpaired) electrons. The van der Waals surface area contributed by atoms with Crippen LogP contribution in [0, 0.1) is 5.41 Å². The molecule has 2 N–H and O–H groups in total. The van der Waals surface area contributed by atoms with Gasteiger partial charge < -0.3 is 15.2 Å². The lowest BCUT2D eigenvalue weighted by atomic mass is 9.75. The van der Waals surface area contributed by atoms with Crippen LogP contribution in [0.5, 0.6) is 0 Å². The van der Waals surface area contributed by atoms with E-state index >= 15 is 0 Å². The molecule has 106 valence electrons. The second kappa shape index (κ2) is 4.91. The van der Waals surface area contributed by atoms with E-state index in [-0.39, 0.29) is 5.91 Å². The molecule has 1 aromatic heterocycles. The van der Waals surface area contributed by atoms with Crippen molar-refractivity contribution in [3.8, 4) is 0 Å². The summed E-state index contributed by atoms with van der Waals surface area (Å²) in [7, 11) is 3.77. The largest absolute Gasteiger partial charge is 0.397 e. The topological polar surface area (TPSA) is 51.3 Å². The fourth-order valence-electron chi connectivity index (χ4n) is 2.92. The molecule has 0 bridgehead atoms. The lowest BCUT2D eigenvalue weighted by Crippen LogP contribution is -2.41. The number of nitrogens with zero attached hydrogens (tertiary/aromatic N) is 2. The number of amides is 1. The van der Waals surface area contributed by atoms with Crippen molar-refractivity contribution >= 4 is 11.6 Å². The molecule has 4 nitrogen and oxygen atoms in total. The van der Waals surface area contributed by atoms with Gasteiger partial charge in [0, 0.05) is 26.3 Å². The minimum atomic E-state index is 0.0731. The van der Waals surface area contributed by atoms with Gasteiger partial charge in [0.1, 0.15) is 5.69 Å². The average molecular weight is 263 g/mol. The first kappa shape index (κ1) is 14.0. The number of carbonyl (C=O) groups is 1. The molecule has 0 aliphatic heterocycles. The van der Waals surface area contributed by atoms with Crippen molar-refractivity contribution in [3.63, 3.8) is 0 Å². The van der Waals surface area contributed by atoms with Crippen molar-refractivity contribution in [1.29, 1.82) is 0 Å². The summed E-state index contributed by atoms with van der Waals surface area (Å²) in [5, 5.41) is 0. The molecule has 1 aliphatic carbocycles. The average Bonchev–Trinajstić information content (AvgIpc) is 2.66. The first-order valence-electron chi connectivity index (χ1n) is 6.99. The lowest BCUT2D eigenvalue weighted by molar-refractivity contribution is 0.0626. The van der Waals surface area contributed by atoms with Crippen LogP contribution < -0.4 is 5.73 Å². The third-order valence-corrected chi connectivity index (χ3v) is 4.42. The third kappa shape index (κ3) is 2.94. The van der Waals surface area contributed by atoms with Crippen LogP contribution in [0.25, 0.3) is 0 Å². The molecule has 0 saturated heterocycles. The van der Waals surface area contributed by atoms with Gasteiger partial charge in [0.2, 0.25) is 0 Å². The highest BCUT2D eigenvalue weighted by Crippen LogP contribution is 2.36. The minimum absolute atomic E-state index is 0.0731. The molecule has 1 amide bonds. The highest BCUT2D eigenvalue weighted by molar-refractivity contribution is 5.93. The van der Waals surface area contributed by atoms with Gasteiger partial charge >= 0.3 is 0 Å². The summed E-state index contributed by atoms with van der Waals surface area (Å²) in [5.41, 5.74) is 7.48. The maximum absolute atomic E-state index is 12.5. The summed E-state index contributed by atoms with van der Waals surface area (Å²) in [4.78, 5) is 14.4. The molecule has 1 aliphatic rings. The van der Waals surface area contributed by atoms with Crippen LogP contribution in [0.2, 0.25) is 0 Å². The number of aryl methyl sites for hydroxylation is 1. The summed E-state index contributed by atoms with van der Waals surface area (Å²) in [6.07, 6.45) is 6.34. The van der Waals surface area contributed by atoms with Gasteiger partial charge in [-0.2, -0.15) is 0 Å². The maximum atomic E-state index is 12.5. The number of nitrogens with two attached hydrogens (primary N) is 1. The van der Waals surface area contributed by atoms with E-state index in [2.05, 4.69) is 13.8 Å². The van der Waals surface area contributed by atoms with E-state index in [1.165, 1.54) is 12.8 Å². The predicted molar refractivity (Wildman–Crippen MR) is 78.0 cm³/mol. The first-order chi connectivity index (χ1) is 8.80. The van der Waals surface area contributed by atoms with Crippen LogP contribution in [-0.4, -0.2) is 28.5 Å². The number of aromatic nitrogens is 1. The molecule has 1 saturated carbocycles. The van der Waals surface area contributed by atoms with Gasteiger partial charge in [-0.15, -0.1) is 0 Å². The summed E-state index contributed by atoms with van der Waals surface area (Å²) in [6.45, 7) is 4.62. The number of carbonyl (C=O) groups excluding carboxylic acids is 1. The van der Waals surface area contributed by atoms with Crippen LogP contribution in [-0.2, 0) is 7.05 Å². The smallest absolute Gasteiger partial charge is 0.270 e. The Morgan fingerprint density at radius 2 is 2.00 bits per heavy atom. The van der Waals surface area contributed by atoms with Crippen molar-refractivity contribution < 1.29 is 4.79 Å². The van der Waals surface area contributed by atoms with Crippen LogP contribution in [0.4, 0.5) is 5.69 Å². The summed E-state index contributed by atoms with van der Waals surface area (Å²) in [5.74, 6) is 0.0731. The molecular formula is C15H25N3O. The Hall–Kier alpha value is -1.45. The summed E-state index contributed by atoms with van der Waals surface area (Å²) in [6, 6.07) is 2.11. The van der Waals surface area contributed by atoms with E-state index in [9.17, 15) is 4.79 Å². The number of nitrogen functional groups attached to an aromatic ring is 1. The first-order valence-corrected chi connectivity index (χ1v) is 6.99. The normalized spacial score (nSPS) is 19.4. The van der Waals surface area contributed by atoms with Crippen molar-refractivity contribution in [2.45, 2.75) is 45.6 Å². The molecule has 4 heteroatoms. The van der Waals surface area contributed by atoms with Crippen molar-refractivity contribution in [1.82, 2.24) is 9.47 Å². The number of hydrogen-bond donors (Lipinski definition) is 1. The van der Waals surface area contributed by atoms with E-state index < -0.39 is 0 Å². The van der Waals surface area contributed by atoms with E-state index in [4.69, 9.17) is 5.73 Å². The fraction of sp³-hybridized carbons (Fsp3) is 0.667. The Labute approximate surface area is 115 Å². The Bertz CT molecular complexity index is 466. The van der Waals surface area contributed by atoms with Crippen molar-refractivity contribution in [3.05, 3.63) is 18.0 Å². The quantitative estimate of drug-likeness (QED) is 0.891. The highest BCUT2D eigenvalue weighted by atomic mass is 16.2. The maximum Gasteiger partial charge on any atom is 0.270 e. The van der Waals surface area contributed by atoms with Gasteiger partial charge in [-0.3, -0.25) is 4.79 Å². The second-order valence-corrected chi connectivity index (χ2v) is 6.58. The third-order valence-electron chi connectivity index (χ3n) is 4.42. The van der Waals surface area contributed by atoms with E-state index in [0.29, 0.717) is 22.8 Å². The van der Waals surface area contributed by atoms with E-state index in [1.807, 2.05) is 19.0 Å². The molecule has 0 spiro atoms. The Balaban J connectivity index is 2.06. The Kier molecular flexibility index (Phi) is 3.61. The fourth-order valence-corrected chi connectivity index (χ4v) is 2.92. The Morgan fingerprint density at radius 1 is 1.42 bits per heavy atom. The van der Waals surface area contributed by atoms with Crippen molar-refractivity contribution in [2.24, 2.45) is 12.5 Å². The van der Waals surface area contributed by atoms with E-state index in [0.717, 1.165) is 12.8 Å². The zero-order valence-corrected chi connectivity index (χ0v) is 12.4. The van der Waals surface area contributed by atoms with Gasteiger partial charge in [-0.05, 0) is 37.2 Å². The molecule has 1 fully saturated rings. The predicted octanol–water partition coefficient (Wildman–Crippen LogP) is 2.65. The molecule has 2 rings (SSSR count). The molecule has 1 aromatic rings. The van der Waals surface area contributed by atoms with Gasteiger partial charge in [0.25, 0.3) is 5.91 Å². The van der Waals surface area contributed by atoms with Crippen LogP contribution in [0.1, 0.15) is 50.0 Å². The molecular weight excluding hydrogens is 238 g/mol. The van der Waals surface area contributed by atoms with E-state index in [1.54, 1.807) is 16.8 Å². The summed E-state index contributed by atoms with van der Waals surface area (Å²) < 4.78 is 1.81. The van der Waals surface area contributed by atoms with Gasteiger partial charge in [-0.1, -0.05) is 13.8 Å². The SMILES string of the molecule is CN(C(=O)c1cc(N)cn1C)C1CCC(C)(C)CC1. The van der Waals surface area contributed by atoms with Crippen molar-refractivity contribution in [2.75, 3.05) is 12.8 Å². The number of anilines is 1.